The molecule has 0 fully saturated rings. The molecule has 113 heavy (non-hydrogen) atoms. The summed E-state index contributed by atoms with van der Waals surface area (Å²) in [6, 6.07) is 36.8. The summed E-state index contributed by atoms with van der Waals surface area (Å²) in [5.41, 5.74) is 13.7. The molecule has 0 aliphatic carbocycles. The fraction of sp³-hybridized carbons (Fsp3) is 0.486. The van der Waals surface area contributed by atoms with Crippen LogP contribution in [0.4, 0.5) is 0 Å². The van der Waals surface area contributed by atoms with Crippen molar-refractivity contribution in [3.05, 3.63) is 129 Å². The first-order valence-electron chi connectivity index (χ1n) is 44.3. The van der Waals surface area contributed by atoms with Crippen molar-refractivity contribution in [2.45, 2.75) is 283 Å². The maximum absolute atomic E-state index is 2.92. The molecule has 17 aromatic rings. The zero-order valence-electron chi connectivity index (χ0n) is 73.8. The quantitative estimate of drug-likeness (QED) is 0.0500. The lowest BCUT2D eigenvalue weighted by molar-refractivity contribution is 0.600. The van der Waals surface area contributed by atoms with Crippen LogP contribution in [0.5, 0.6) is 0 Å². The Morgan fingerprint density at radius 3 is 0.549 bits per heavy atom. The molecule has 8 heteroatoms. The Hall–Kier alpha value is -5.26. The average Bonchev–Trinajstić information content (AvgIpc) is 1.53. The number of rotatable bonds is 25. The topological polar surface area (TPSA) is 0 Å². The van der Waals surface area contributed by atoms with Gasteiger partial charge in [-0.3, -0.25) is 0 Å². The van der Waals surface area contributed by atoms with Crippen molar-refractivity contribution < 1.29 is 0 Å². The van der Waals surface area contributed by atoms with Gasteiger partial charge in [0.15, 0.2) is 75.2 Å². The van der Waals surface area contributed by atoms with Crippen LogP contribution < -0.4 is 0 Å². The third-order valence-corrected chi connectivity index (χ3v) is 49.9. The Morgan fingerprint density at radius 2 is 0.354 bits per heavy atom. The van der Waals surface area contributed by atoms with Crippen LogP contribution in [-0.2, 0) is 46.0 Å². The monoisotopic (exact) mass is 1650 g/mol. The van der Waals surface area contributed by atoms with E-state index in [2.05, 4.69) is 259 Å². The van der Waals surface area contributed by atoms with E-state index < -0.39 is 0 Å². The highest BCUT2D eigenvalue weighted by atomic mass is 32.2. The predicted octanol–water partition coefficient (Wildman–Crippen LogP) is 38.1. The second kappa shape index (κ2) is 30.5. The molecular formula is C105H132S8+8. The highest BCUT2D eigenvalue weighted by molar-refractivity contribution is 7.48. The summed E-state index contributed by atoms with van der Waals surface area (Å²) in [5.74, 6) is 15.5. The van der Waals surface area contributed by atoms with Gasteiger partial charge in [0.1, 0.15) is 46.0 Å². The molecule has 0 aliphatic rings. The second-order valence-corrected chi connectivity index (χ2v) is 53.2. The highest BCUT2D eigenvalue weighted by Crippen LogP contribution is 2.63. The van der Waals surface area contributed by atoms with Gasteiger partial charge in [0.05, 0.1) is 85.6 Å². The van der Waals surface area contributed by atoms with Crippen LogP contribution in [0.25, 0.3) is 161 Å². The van der Waals surface area contributed by atoms with E-state index in [1.165, 1.54) is 125 Å². The summed E-state index contributed by atoms with van der Waals surface area (Å²) in [4.78, 5) is 0. The predicted molar refractivity (Wildman–Crippen MR) is 534 cm³/mol. The van der Waals surface area contributed by atoms with Crippen LogP contribution in [0.2, 0.25) is 0 Å². The minimum atomic E-state index is -0.0540. The summed E-state index contributed by atoms with van der Waals surface area (Å²) in [7, 11) is -0.121. The van der Waals surface area contributed by atoms with E-state index in [0.29, 0.717) is 53.3 Å². The van der Waals surface area contributed by atoms with Gasteiger partial charge in [0, 0.05) is 103 Å². The van der Waals surface area contributed by atoms with Gasteiger partial charge in [-0.2, -0.15) is 0 Å². The molecule has 16 atom stereocenters. The largest absolute Gasteiger partial charge is 0.187 e. The first-order valence-corrected chi connectivity index (χ1v) is 55.5. The summed E-state index contributed by atoms with van der Waals surface area (Å²) in [5, 5.41) is 25.1. The first kappa shape index (κ1) is 80.2. The Kier molecular flexibility index (Phi) is 21.7. The van der Waals surface area contributed by atoms with E-state index >= 15 is 0 Å². The van der Waals surface area contributed by atoms with E-state index in [-0.39, 0.29) is 83.8 Å². The summed E-state index contributed by atoms with van der Waals surface area (Å²) >= 11 is 0. The first-order chi connectivity index (χ1) is 54.1. The molecule has 592 valence electrons. The molecule has 0 aliphatic heterocycles. The van der Waals surface area contributed by atoms with Crippen molar-refractivity contribution in [1.29, 1.82) is 0 Å². The van der Waals surface area contributed by atoms with Crippen LogP contribution in [0.3, 0.4) is 0 Å². The molecule has 8 heterocycles. The Bertz CT molecular complexity index is 6760. The van der Waals surface area contributed by atoms with Crippen molar-refractivity contribution in [2.75, 3.05) is 0 Å². The Balaban J connectivity index is 0.988. The minimum absolute atomic E-state index is 0.0115. The summed E-state index contributed by atoms with van der Waals surface area (Å²) < 4.78 is 26.6. The van der Waals surface area contributed by atoms with Crippen LogP contribution in [0, 0.1) is 103 Å². The van der Waals surface area contributed by atoms with Crippen LogP contribution in [0.1, 0.15) is 232 Å². The van der Waals surface area contributed by atoms with Gasteiger partial charge < -0.3 is 0 Å². The normalized spacial score (nSPS) is 16.5. The van der Waals surface area contributed by atoms with E-state index in [1.807, 2.05) is 0 Å². The summed E-state index contributed by atoms with van der Waals surface area (Å²) in [6.45, 7) is 64.8. The third kappa shape index (κ3) is 12.4. The molecule has 0 amide bonds. The highest BCUT2D eigenvalue weighted by Gasteiger charge is 2.42. The molecule has 0 bridgehead atoms. The molecular weight excluding hydrogens is 1520 g/mol. The molecule has 0 nitrogen and oxygen atoms in total. The smallest absolute Gasteiger partial charge is 0.0649 e. The molecule has 0 radical (unpaired) electrons. The van der Waals surface area contributed by atoms with Crippen molar-refractivity contribution in [1.82, 2.24) is 0 Å². The standard InChI is InChI=1S/C105H132S8/c1-27-57(11)48-106-81-41-83-75(37-73(81)98-68(22)67(21)65(19)35-89(98)106)100-70(24)102-77-39-79-87(43-85(77)110(52-61(15)31-5)93(102)45-91(100)108(83)50-59(13)29-3)112(54-63(17)33-7)95-47-96-105(72(26)104(79)95)80-40-78-86(44-88(80)113(96)55-64(18)34-8)111(53-62(16)32-6)94-46-92-101(71(25)103(78)94)76-38-74-82(42-84(76)109(92)51-60(14)30-4)107(49-58(12)28-2)90-36-66(20)97(56(9)10)69(23)99(74)90/h35-47,56-64H,27-34,48-55H2,1-26H3/q+8/t57-,58-,59-,60-,61-,62-,63-,64-,106?,107?,108?,109?,110?,111?,112?,113?/m0/s1. The lowest BCUT2D eigenvalue weighted by Crippen LogP contribution is -1.97. The van der Waals surface area contributed by atoms with Crippen LogP contribution >= 0.6 is 83.8 Å². The van der Waals surface area contributed by atoms with Crippen molar-refractivity contribution in [3.8, 4) is 0 Å². The van der Waals surface area contributed by atoms with Gasteiger partial charge in [0.2, 0.25) is 0 Å². The van der Waals surface area contributed by atoms with Gasteiger partial charge >= 0.3 is 0 Å². The van der Waals surface area contributed by atoms with Crippen molar-refractivity contribution in [3.63, 3.8) is 0 Å². The number of aryl methyl sites for hydroxylation is 7. The second-order valence-electron chi connectivity index (χ2n) is 37.3. The number of hydrogen-bond donors (Lipinski definition) is 0. The number of benzene rings is 9. The fourth-order valence-corrected chi connectivity index (χ4v) is 43.9. The maximum atomic E-state index is 2.92. The molecule has 0 saturated carbocycles. The van der Waals surface area contributed by atoms with Crippen LogP contribution in [0.15, 0.2) is 78.9 Å². The number of fused-ring (bicyclic) bond motifs is 24. The van der Waals surface area contributed by atoms with Crippen molar-refractivity contribution in [2.24, 2.45) is 47.3 Å². The molecule has 8 unspecified atom stereocenters. The van der Waals surface area contributed by atoms with Gasteiger partial charge in [-0.1, -0.05) is 125 Å². The lowest BCUT2D eigenvalue weighted by Gasteiger charge is -2.14. The van der Waals surface area contributed by atoms with Gasteiger partial charge in [-0.15, -0.1) is 0 Å². The van der Waals surface area contributed by atoms with Gasteiger partial charge in [-0.05, 0) is 271 Å². The van der Waals surface area contributed by atoms with E-state index in [1.54, 1.807) is 184 Å². The SMILES string of the molecule is CC[C@H](C)C[s+]1c2cc3c(cc2c2c(C)c(C)c(C)cc21)c1c(C)c2c4cc5c6c(C)c7c8cc9c%10c(C)c%11c%12cc%13c%14c(C)c(C(C)C)c(C)cc%14[s+](C[C@@H](C)CC)c%13cc%12[s+](C[C@@H](C)CC)c%11cc%10[s+](C[C@@H](C)CC)c9cc8[s+](C[C@@H](C)CC)c7cc6[s+](C[C@@H](C)CC)c5cc4[s+](C[C@@H](C)CC)c2cc1[s+]3C[C@@H](C)CC. The third-order valence-electron chi connectivity index (χ3n) is 28.9. The zero-order chi connectivity index (χ0) is 80.0. The molecule has 9 aromatic carbocycles. The summed E-state index contributed by atoms with van der Waals surface area (Å²) in [6.07, 6.45) is 9.73. The maximum Gasteiger partial charge on any atom is 0.187 e. The van der Waals surface area contributed by atoms with Crippen LogP contribution in [-0.4, -0.2) is 0 Å². The molecule has 0 saturated heterocycles. The number of thiophene rings is 8. The molecule has 17 rings (SSSR count). The zero-order valence-corrected chi connectivity index (χ0v) is 80.3. The Morgan fingerprint density at radius 1 is 0.186 bits per heavy atom. The van der Waals surface area contributed by atoms with E-state index in [0.717, 1.165) is 0 Å². The van der Waals surface area contributed by atoms with E-state index in [4.69, 9.17) is 0 Å². The molecule has 8 aromatic heterocycles. The molecule has 0 spiro atoms. The van der Waals surface area contributed by atoms with Gasteiger partial charge in [0.25, 0.3) is 0 Å². The number of hydrogen-bond acceptors (Lipinski definition) is 0. The Labute approximate surface area is 698 Å². The van der Waals surface area contributed by atoms with Gasteiger partial charge in [-0.25, -0.2) is 0 Å². The lowest BCUT2D eigenvalue weighted by atomic mass is 9.90. The average molecular weight is 1650 g/mol. The molecule has 0 N–H and O–H groups in total. The van der Waals surface area contributed by atoms with E-state index in [9.17, 15) is 0 Å². The minimum Gasteiger partial charge on any atom is -0.0649 e. The van der Waals surface area contributed by atoms with Crippen molar-refractivity contribution >= 4 is 245 Å². The fourth-order valence-electron chi connectivity index (χ4n) is 20.4.